The molecule has 0 saturated carbocycles. The van der Waals surface area contributed by atoms with Gasteiger partial charge in [0, 0.05) is 19.3 Å². The molecule has 4 N–H and O–H groups in total. The Kier molecular flexibility index (Phi) is 5.62. The van der Waals surface area contributed by atoms with E-state index in [0.717, 1.165) is 10.3 Å². The van der Waals surface area contributed by atoms with Crippen molar-refractivity contribution in [2.75, 3.05) is 30.8 Å². The molecule has 1 fully saturated rings. The van der Waals surface area contributed by atoms with E-state index in [0.29, 0.717) is 22.9 Å². The summed E-state index contributed by atoms with van der Waals surface area (Å²) in [5.41, 5.74) is 1.96. The maximum Gasteiger partial charge on any atom is 0.325 e. The summed E-state index contributed by atoms with van der Waals surface area (Å²) in [6.07, 6.45) is 0. The number of anilines is 2. The Balaban J connectivity index is 1.48. The van der Waals surface area contributed by atoms with Crippen LogP contribution in [0, 0.1) is 5.82 Å². The van der Waals surface area contributed by atoms with Crippen LogP contribution in [-0.4, -0.2) is 53.2 Å². The Bertz CT molecular complexity index is 1090. The smallest absolute Gasteiger partial charge is 0.325 e. The van der Waals surface area contributed by atoms with Crippen LogP contribution in [-0.2, 0) is 4.79 Å². The van der Waals surface area contributed by atoms with Crippen molar-refractivity contribution in [3.05, 3.63) is 53.8 Å². The van der Waals surface area contributed by atoms with Gasteiger partial charge < -0.3 is 20.6 Å². The predicted molar refractivity (Wildman–Crippen MR) is 113 cm³/mol. The van der Waals surface area contributed by atoms with Gasteiger partial charge in [-0.3, -0.25) is 10.1 Å². The number of urea groups is 1. The number of benzene rings is 2. The van der Waals surface area contributed by atoms with Crippen LogP contribution in [0.2, 0.25) is 0 Å². The van der Waals surface area contributed by atoms with Crippen LogP contribution in [0.3, 0.4) is 0 Å². The summed E-state index contributed by atoms with van der Waals surface area (Å²) in [5.74, 6) is -0.492. The fourth-order valence-corrected chi connectivity index (χ4v) is 4.19. The van der Waals surface area contributed by atoms with Crippen LogP contribution in [0.15, 0.2) is 42.5 Å². The molecule has 4 rings (SSSR count). The molecule has 0 radical (unpaired) electrons. The summed E-state index contributed by atoms with van der Waals surface area (Å²) in [7, 11) is 1.68. The van der Waals surface area contributed by atoms with Crippen LogP contribution in [0.25, 0.3) is 10.2 Å². The zero-order valence-electron chi connectivity index (χ0n) is 16.1. The minimum Gasteiger partial charge on any atom is -0.394 e. The lowest BCUT2D eigenvalue weighted by molar-refractivity contribution is -0.138. The quantitative estimate of drug-likeness (QED) is 0.510. The van der Waals surface area contributed by atoms with Gasteiger partial charge in [-0.1, -0.05) is 17.4 Å². The summed E-state index contributed by atoms with van der Waals surface area (Å²) in [6, 6.07) is 9.73. The summed E-state index contributed by atoms with van der Waals surface area (Å²) in [5, 5.41) is 18.2. The Morgan fingerprint density at radius 2 is 2.07 bits per heavy atom. The number of amides is 3. The number of aromatic nitrogens is 1. The van der Waals surface area contributed by atoms with Gasteiger partial charge in [-0.25, -0.2) is 14.2 Å². The third kappa shape index (κ3) is 4.11. The van der Waals surface area contributed by atoms with Gasteiger partial charge in [0.2, 0.25) is 5.91 Å². The monoisotopic (exact) mass is 429 g/mol. The number of rotatable bonds is 4. The van der Waals surface area contributed by atoms with E-state index in [1.807, 2.05) is 12.1 Å². The first-order valence-corrected chi connectivity index (χ1v) is 10.1. The van der Waals surface area contributed by atoms with Crippen LogP contribution in [0.4, 0.5) is 20.0 Å². The van der Waals surface area contributed by atoms with Crippen LogP contribution in [0.5, 0.6) is 0 Å². The molecule has 2 aromatic carbocycles. The molecule has 1 aliphatic rings. The minimum atomic E-state index is -0.498. The number of piperazine rings is 1. The standard InChI is InChI=1S/C20H20FN5O3S/c1-26-14(10-27)9-22-17(18(26)28)11-2-7-15-16(8-11)30-20(24-15)25-19(29)23-13-5-3-12(21)4-6-13/h2-8,14,17,22,27H,9-10H2,1H3,(H2,23,24,25,29). The van der Waals surface area contributed by atoms with Crippen molar-refractivity contribution in [3.63, 3.8) is 0 Å². The van der Waals surface area contributed by atoms with Crippen molar-refractivity contribution in [3.8, 4) is 0 Å². The number of nitrogens with zero attached hydrogens (tertiary/aromatic N) is 2. The number of carbonyl (C=O) groups excluding carboxylic acids is 2. The first-order valence-electron chi connectivity index (χ1n) is 9.29. The van der Waals surface area contributed by atoms with E-state index in [4.69, 9.17) is 0 Å². The Morgan fingerprint density at radius 3 is 2.80 bits per heavy atom. The lowest BCUT2D eigenvalue weighted by Gasteiger charge is -2.36. The second-order valence-corrected chi connectivity index (χ2v) is 7.99. The number of hydrogen-bond donors (Lipinski definition) is 4. The van der Waals surface area contributed by atoms with E-state index in [1.54, 1.807) is 18.0 Å². The normalized spacial score (nSPS) is 19.2. The topological polar surface area (TPSA) is 107 Å². The number of likely N-dealkylation sites (N-methyl/N-ethyl adjacent to an activating group) is 1. The molecule has 8 nitrogen and oxygen atoms in total. The van der Waals surface area contributed by atoms with E-state index in [9.17, 15) is 19.1 Å². The van der Waals surface area contributed by atoms with Crippen molar-refractivity contribution >= 4 is 44.3 Å². The molecule has 2 unspecified atom stereocenters. The van der Waals surface area contributed by atoms with Gasteiger partial charge in [0.05, 0.1) is 22.9 Å². The summed E-state index contributed by atoms with van der Waals surface area (Å²) in [4.78, 5) is 30.7. The lowest BCUT2D eigenvalue weighted by Crippen LogP contribution is -2.55. The predicted octanol–water partition coefficient (Wildman–Crippen LogP) is 2.54. The molecule has 2 heterocycles. The average molecular weight is 429 g/mol. The molecule has 0 spiro atoms. The number of nitrogens with one attached hydrogen (secondary N) is 3. The maximum absolute atomic E-state index is 13.0. The zero-order chi connectivity index (χ0) is 21.3. The number of halogens is 1. The molecule has 1 aromatic heterocycles. The van der Waals surface area contributed by atoms with Gasteiger partial charge in [0.25, 0.3) is 0 Å². The molecule has 156 valence electrons. The van der Waals surface area contributed by atoms with Crippen LogP contribution >= 0.6 is 11.3 Å². The molecule has 1 aliphatic heterocycles. The van der Waals surface area contributed by atoms with Gasteiger partial charge in [-0.15, -0.1) is 0 Å². The van der Waals surface area contributed by atoms with Crippen LogP contribution in [0.1, 0.15) is 11.6 Å². The highest BCUT2D eigenvalue weighted by molar-refractivity contribution is 7.22. The number of carbonyl (C=O) groups is 2. The number of aliphatic hydroxyl groups is 1. The number of aliphatic hydroxyl groups excluding tert-OH is 1. The van der Waals surface area contributed by atoms with Gasteiger partial charge >= 0.3 is 6.03 Å². The molecular formula is C20H20FN5O3S. The highest BCUT2D eigenvalue weighted by atomic mass is 32.1. The molecule has 30 heavy (non-hydrogen) atoms. The first-order chi connectivity index (χ1) is 14.4. The molecule has 0 bridgehead atoms. The maximum atomic E-state index is 13.0. The van der Waals surface area contributed by atoms with Gasteiger partial charge in [0.1, 0.15) is 11.9 Å². The molecule has 1 saturated heterocycles. The third-order valence-corrected chi connectivity index (χ3v) is 5.91. The lowest BCUT2D eigenvalue weighted by atomic mass is 10.0. The summed E-state index contributed by atoms with van der Waals surface area (Å²) < 4.78 is 13.8. The van der Waals surface area contributed by atoms with Crippen molar-refractivity contribution in [1.82, 2.24) is 15.2 Å². The Labute approximate surface area is 175 Å². The second kappa shape index (κ2) is 8.34. The van der Waals surface area contributed by atoms with Gasteiger partial charge in [0.15, 0.2) is 5.13 Å². The highest BCUT2D eigenvalue weighted by Gasteiger charge is 2.33. The van der Waals surface area contributed by atoms with Crippen LogP contribution < -0.4 is 16.0 Å². The highest BCUT2D eigenvalue weighted by Crippen LogP contribution is 2.30. The summed E-state index contributed by atoms with van der Waals surface area (Å²) in [6.45, 7) is 0.408. The molecule has 2 atom stereocenters. The van der Waals surface area contributed by atoms with Gasteiger partial charge in [-0.05, 0) is 42.0 Å². The van der Waals surface area contributed by atoms with E-state index in [2.05, 4.69) is 20.9 Å². The fourth-order valence-electron chi connectivity index (χ4n) is 3.28. The zero-order valence-corrected chi connectivity index (χ0v) is 16.9. The molecule has 3 aromatic rings. The molecular weight excluding hydrogens is 409 g/mol. The average Bonchev–Trinajstić information content (AvgIpc) is 3.13. The number of hydrogen-bond acceptors (Lipinski definition) is 6. The first kappa shape index (κ1) is 20.2. The van der Waals surface area contributed by atoms with Crippen molar-refractivity contribution < 1.29 is 19.1 Å². The Morgan fingerprint density at radius 1 is 1.30 bits per heavy atom. The molecule has 3 amide bonds. The SMILES string of the molecule is CN1C(=O)C(c2ccc3nc(NC(=O)Nc4ccc(F)cc4)sc3c2)NCC1CO. The van der Waals surface area contributed by atoms with E-state index >= 15 is 0 Å². The molecule has 0 aliphatic carbocycles. The van der Waals surface area contributed by atoms with Gasteiger partial charge in [-0.2, -0.15) is 0 Å². The number of thiazole rings is 1. The second-order valence-electron chi connectivity index (χ2n) is 6.96. The van der Waals surface area contributed by atoms with Crippen molar-refractivity contribution in [1.29, 1.82) is 0 Å². The summed E-state index contributed by atoms with van der Waals surface area (Å²) >= 11 is 1.29. The van der Waals surface area contributed by atoms with E-state index in [1.165, 1.54) is 35.6 Å². The Hall–Kier alpha value is -3.08. The van der Waals surface area contributed by atoms with Crippen molar-refractivity contribution in [2.45, 2.75) is 12.1 Å². The minimum absolute atomic E-state index is 0.0924. The largest absolute Gasteiger partial charge is 0.394 e. The number of fused-ring (bicyclic) bond motifs is 1. The van der Waals surface area contributed by atoms with Crippen molar-refractivity contribution in [2.24, 2.45) is 0 Å². The van der Waals surface area contributed by atoms with E-state index < -0.39 is 12.1 Å². The van der Waals surface area contributed by atoms with E-state index in [-0.39, 0.29) is 24.4 Å². The molecule has 10 heteroatoms. The fraction of sp³-hybridized carbons (Fsp3) is 0.250. The third-order valence-electron chi connectivity index (χ3n) is 4.98.